The molecule has 0 spiro atoms. The number of nitrogens with zero attached hydrogens (tertiary/aromatic N) is 1. The van der Waals surface area contributed by atoms with E-state index in [2.05, 4.69) is 11.1 Å². The van der Waals surface area contributed by atoms with E-state index in [1.54, 1.807) is 12.4 Å². The number of pyridine rings is 1. The molecule has 0 saturated heterocycles. The Balaban J connectivity index is 2.54. The molecular formula is C11H9N2. The van der Waals surface area contributed by atoms with Gasteiger partial charge in [0.1, 0.15) is 0 Å². The lowest BCUT2D eigenvalue weighted by atomic mass is 10.1. The summed E-state index contributed by atoms with van der Waals surface area (Å²) >= 11 is 0. The Morgan fingerprint density at radius 2 is 2.15 bits per heavy atom. The number of aromatic nitrogens is 1. The third-order valence-electron chi connectivity index (χ3n) is 1.84. The van der Waals surface area contributed by atoms with Gasteiger partial charge in [0, 0.05) is 29.2 Å². The van der Waals surface area contributed by atoms with Gasteiger partial charge >= 0.3 is 0 Å². The standard InChI is InChI=1S/C11H9N2/c12-11-6-2-1-5-10(11)9-4-3-7-13-8-9/h1-4,6-8H,12H2. The van der Waals surface area contributed by atoms with Crippen molar-refractivity contribution in [1.29, 1.82) is 0 Å². The first-order valence-electron chi connectivity index (χ1n) is 4.04. The average molecular weight is 169 g/mol. The summed E-state index contributed by atoms with van der Waals surface area (Å²) in [5.41, 5.74) is 8.44. The van der Waals surface area contributed by atoms with Crippen molar-refractivity contribution in [1.82, 2.24) is 4.98 Å². The van der Waals surface area contributed by atoms with Gasteiger partial charge in [-0.25, -0.2) is 0 Å². The van der Waals surface area contributed by atoms with Gasteiger partial charge in [0.05, 0.1) is 0 Å². The highest BCUT2D eigenvalue weighted by atomic mass is 14.6. The van der Waals surface area contributed by atoms with Crippen LogP contribution >= 0.6 is 0 Å². The minimum atomic E-state index is 0.732. The predicted molar refractivity (Wildman–Crippen MR) is 52.9 cm³/mol. The first-order valence-corrected chi connectivity index (χ1v) is 4.04. The maximum atomic E-state index is 5.79. The molecule has 0 aliphatic heterocycles. The summed E-state index contributed by atoms with van der Waals surface area (Å²) in [6.45, 7) is 0. The van der Waals surface area contributed by atoms with Crippen molar-refractivity contribution in [2.24, 2.45) is 0 Å². The van der Waals surface area contributed by atoms with Crippen molar-refractivity contribution in [2.75, 3.05) is 5.73 Å². The summed E-state index contributed by atoms with van der Waals surface area (Å²) in [6, 6.07) is 12.5. The van der Waals surface area contributed by atoms with E-state index in [0.29, 0.717) is 0 Å². The highest BCUT2D eigenvalue weighted by molar-refractivity contribution is 5.74. The quantitative estimate of drug-likeness (QED) is 0.664. The van der Waals surface area contributed by atoms with Crippen LogP contribution in [-0.2, 0) is 0 Å². The van der Waals surface area contributed by atoms with Crippen molar-refractivity contribution in [3.8, 4) is 11.1 Å². The second kappa shape index (κ2) is 3.27. The normalized spacial score (nSPS) is 9.85. The third kappa shape index (κ3) is 1.51. The maximum absolute atomic E-state index is 5.79. The van der Waals surface area contributed by atoms with Gasteiger partial charge in [0.25, 0.3) is 0 Å². The Labute approximate surface area is 77.0 Å². The number of benzene rings is 1. The van der Waals surface area contributed by atoms with Gasteiger partial charge < -0.3 is 5.73 Å². The van der Waals surface area contributed by atoms with Gasteiger partial charge in [-0.3, -0.25) is 4.98 Å². The summed E-state index contributed by atoms with van der Waals surface area (Å²) in [7, 11) is 0. The first-order chi connectivity index (χ1) is 6.38. The summed E-state index contributed by atoms with van der Waals surface area (Å²) in [5, 5.41) is 0. The largest absolute Gasteiger partial charge is 0.398 e. The van der Waals surface area contributed by atoms with Crippen molar-refractivity contribution in [3.63, 3.8) is 0 Å². The molecule has 0 atom stereocenters. The summed E-state index contributed by atoms with van der Waals surface area (Å²) in [5.74, 6) is 0. The zero-order valence-electron chi connectivity index (χ0n) is 7.07. The molecule has 1 aromatic carbocycles. The van der Waals surface area contributed by atoms with Crippen LogP contribution in [-0.4, -0.2) is 4.98 Å². The monoisotopic (exact) mass is 169 g/mol. The smallest absolute Gasteiger partial charge is 0.0400 e. The molecule has 2 nitrogen and oxygen atoms in total. The van der Waals surface area contributed by atoms with Gasteiger partial charge in [-0.1, -0.05) is 18.2 Å². The summed E-state index contributed by atoms with van der Waals surface area (Å²) in [6.07, 6.45) is 3.52. The molecule has 0 fully saturated rings. The molecule has 0 saturated carbocycles. The van der Waals surface area contributed by atoms with Crippen LogP contribution in [0.1, 0.15) is 0 Å². The van der Waals surface area contributed by atoms with E-state index in [4.69, 9.17) is 5.73 Å². The number of nitrogens with two attached hydrogens (primary N) is 1. The van der Waals surface area contributed by atoms with Gasteiger partial charge in [0.2, 0.25) is 0 Å². The fraction of sp³-hybridized carbons (Fsp3) is 0. The first kappa shape index (κ1) is 7.80. The lowest BCUT2D eigenvalue weighted by Gasteiger charge is -2.02. The van der Waals surface area contributed by atoms with Crippen LogP contribution in [0.25, 0.3) is 11.1 Å². The van der Waals surface area contributed by atoms with Gasteiger partial charge in [-0.05, 0) is 18.2 Å². The Bertz CT molecular complexity index is 396. The van der Waals surface area contributed by atoms with Crippen LogP contribution in [0, 0.1) is 6.07 Å². The molecule has 0 amide bonds. The molecule has 2 aromatic rings. The lowest BCUT2D eigenvalue weighted by molar-refractivity contribution is 1.33. The van der Waals surface area contributed by atoms with Crippen LogP contribution in [0.2, 0.25) is 0 Å². The van der Waals surface area contributed by atoms with E-state index in [-0.39, 0.29) is 0 Å². The molecule has 1 radical (unpaired) electrons. The molecule has 0 bridgehead atoms. The molecule has 2 heteroatoms. The Morgan fingerprint density at radius 1 is 1.23 bits per heavy atom. The number of anilines is 1. The molecule has 2 N–H and O–H groups in total. The number of rotatable bonds is 1. The van der Waals surface area contributed by atoms with E-state index >= 15 is 0 Å². The van der Waals surface area contributed by atoms with E-state index in [1.807, 2.05) is 30.3 Å². The van der Waals surface area contributed by atoms with Crippen LogP contribution in [0.5, 0.6) is 0 Å². The zero-order valence-corrected chi connectivity index (χ0v) is 7.07. The van der Waals surface area contributed by atoms with Crippen LogP contribution in [0.15, 0.2) is 42.7 Å². The molecule has 13 heavy (non-hydrogen) atoms. The van der Waals surface area contributed by atoms with Crippen molar-refractivity contribution >= 4 is 5.69 Å². The molecule has 2 rings (SSSR count). The number of hydrogen-bond acceptors (Lipinski definition) is 2. The highest BCUT2D eigenvalue weighted by Gasteiger charge is 1.99. The van der Waals surface area contributed by atoms with Crippen LogP contribution in [0.4, 0.5) is 5.69 Å². The van der Waals surface area contributed by atoms with Crippen molar-refractivity contribution in [3.05, 3.63) is 48.8 Å². The summed E-state index contributed by atoms with van der Waals surface area (Å²) in [4.78, 5) is 4.03. The van der Waals surface area contributed by atoms with E-state index < -0.39 is 0 Å². The van der Waals surface area contributed by atoms with Crippen LogP contribution < -0.4 is 5.73 Å². The average Bonchev–Trinajstić information content (AvgIpc) is 2.20. The van der Waals surface area contributed by atoms with Crippen LogP contribution in [0.3, 0.4) is 0 Å². The van der Waals surface area contributed by atoms with Gasteiger partial charge in [-0.2, -0.15) is 0 Å². The molecule has 0 aliphatic carbocycles. The van der Waals surface area contributed by atoms with Crippen molar-refractivity contribution < 1.29 is 0 Å². The Hall–Kier alpha value is -1.83. The Kier molecular flexibility index (Phi) is 1.96. The second-order valence-electron chi connectivity index (χ2n) is 2.74. The topological polar surface area (TPSA) is 38.9 Å². The second-order valence-corrected chi connectivity index (χ2v) is 2.74. The number of nitrogen functional groups attached to an aromatic ring is 1. The highest BCUT2D eigenvalue weighted by Crippen LogP contribution is 2.23. The maximum Gasteiger partial charge on any atom is 0.0400 e. The zero-order chi connectivity index (χ0) is 9.10. The Morgan fingerprint density at radius 3 is 2.85 bits per heavy atom. The summed E-state index contributed by atoms with van der Waals surface area (Å²) < 4.78 is 0. The molecule has 1 heterocycles. The van der Waals surface area contributed by atoms with Gasteiger partial charge in [0.15, 0.2) is 0 Å². The predicted octanol–water partition coefficient (Wildman–Crippen LogP) is 2.13. The molecule has 0 aliphatic rings. The number of hydrogen-bond donors (Lipinski definition) is 1. The van der Waals surface area contributed by atoms with E-state index in [0.717, 1.165) is 16.8 Å². The minimum Gasteiger partial charge on any atom is -0.398 e. The lowest BCUT2D eigenvalue weighted by Crippen LogP contribution is -1.89. The van der Waals surface area contributed by atoms with Gasteiger partial charge in [-0.15, -0.1) is 0 Å². The van der Waals surface area contributed by atoms with E-state index in [9.17, 15) is 0 Å². The molecular weight excluding hydrogens is 160 g/mol. The molecule has 63 valence electrons. The van der Waals surface area contributed by atoms with E-state index in [1.165, 1.54) is 0 Å². The van der Waals surface area contributed by atoms with Crippen molar-refractivity contribution in [2.45, 2.75) is 0 Å². The molecule has 0 unspecified atom stereocenters. The third-order valence-corrected chi connectivity index (χ3v) is 1.84. The fourth-order valence-electron chi connectivity index (χ4n) is 1.21. The fourth-order valence-corrected chi connectivity index (χ4v) is 1.21. The molecule has 1 aromatic heterocycles. The SMILES string of the molecule is Nc1ccc[c]c1-c1cccnc1. The minimum absolute atomic E-state index is 0.732.